The first kappa shape index (κ1) is 16.6. The molecule has 0 aliphatic carbocycles. The second kappa shape index (κ2) is 6.79. The van der Waals surface area contributed by atoms with E-state index in [1.165, 1.54) is 11.0 Å². The fourth-order valence-electron chi connectivity index (χ4n) is 1.74. The summed E-state index contributed by atoms with van der Waals surface area (Å²) in [5, 5.41) is 3.23. The highest BCUT2D eigenvalue weighted by Crippen LogP contribution is 2.11. The molecule has 0 fully saturated rings. The highest BCUT2D eigenvalue weighted by atomic mass is 19.2. The summed E-state index contributed by atoms with van der Waals surface area (Å²) in [6.45, 7) is 6.95. The summed E-state index contributed by atoms with van der Waals surface area (Å²) < 4.78 is 25.9. The van der Waals surface area contributed by atoms with Crippen LogP contribution in [0.1, 0.15) is 32.8 Å². The van der Waals surface area contributed by atoms with Crippen molar-refractivity contribution in [2.75, 3.05) is 13.6 Å². The average Bonchev–Trinajstić information content (AvgIpc) is 2.32. The molecule has 1 N–H and O–H groups in total. The van der Waals surface area contributed by atoms with Crippen LogP contribution in [-0.2, 0) is 11.3 Å². The van der Waals surface area contributed by atoms with Gasteiger partial charge in [0.1, 0.15) is 0 Å². The lowest BCUT2D eigenvalue weighted by Gasteiger charge is -2.22. The molecule has 0 aliphatic rings. The van der Waals surface area contributed by atoms with Crippen LogP contribution in [0.4, 0.5) is 8.78 Å². The molecule has 20 heavy (non-hydrogen) atoms. The molecule has 1 rings (SSSR count). The van der Waals surface area contributed by atoms with Crippen LogP contribution in [0, 0.1) is 11.6 Å². The number of amides is 1. The van der Waals surface area contributed by atoms with E-state index in [1.54, 1.807) is 7.05 Å². The number of hydrogen-bond acceptors (Lipinski definition) is 2. The van der Waals surface area contributed by atoms with E-state index >= 15 is 0 Å². The highest BCUT2D eigenvalue weighted by Gasteiger charge is 2.13. The minimum atomic E-state index is -0.891. The van der Waals surface area contributed by atoms with Gasteiger partial charge in [0.15, 0.2) is 11.6 Å². The summed E-state index contributed by atoms with van der Waals surface area (Å²) in [5.74, 6) is -1.80. The monoisotopic (exact) mass is 284 g/mol. The predicted molar refractivity (Wildman–Crippen MR) is 75.2 cm³/mol. The number of benzene rings is 1. The molecule has 0 saturated carbocycles. The molecule has 3 nitrogen and oxygen atoms in total. The number of rotatable bonds is 5. The molecule has 0 atom stereocenters. The molecule has 0 radical (unpaired) electrons. The zero-order chi connectivity index (χ0) is 15.3. The van der Waals surface area contributed by atoms with Gasteiger partial charge in [-0.25, -0.2) is 8.78 Å². The zero-order valence-electron chi connectivity index (χ0n) is 12.5. The van der Waals surface area contributed by atoms with E-state index in [2.05, 4.69) is 5.32 Å². The Kier molecular flexibility index (Phi) is 5.62. The smallest absolute Gasteiger partial charge is 0.223 e. The second-order valence-corrected chi connectivity index (χ2v) is 5.93. The van der Waals surface area contributed by atoms with Crippen LogP contribution in [0.5, 0.6) is 0 Å². The Hall–Kier alpha value is -1.49. The van der Waals surface area contributed by atoms with Crippen molar-refractivity contribution in [2.45, 2.75) is 39.3 Å². The topological polar surface area (TPSA) is 32.3 Å². The Morgan fingerprint density at radius 3 is 2.45 bits per heavy atom. The summed E-state index contributed by atoms with van der Waals surface area (Å²) in [7, 11) is 1.65. The van der Waals surface area contributed by atoms with Crippen molar-refractivity contribution in [1.82, 2.24) is 10.2 Å². The van der Waals surface area contributed by atoms with E-state index in [1.807, 2.05) is 20.8 Å². The summed E-state index contributed by atoms with van der Waals surface area (Å²) in [4.78, 5) is 13.4. The Morgan fingerprint density at radius 2 is 1.90 bits per heavy atom. The minimum absolute atomic E-state index is 0.0288. The molecule has 0 bridgehead atoms. The molecular formula is C15H22F2N2O. The van der Waals surface area contributed by atoms with Gasteiger partial charge in [-0.2, -0.15) is 0 Å². The molecule has 1 aromatic carbocycles. The standard InChI is InChI=1S/C15H22F2N2O/c1-15(2,3)18-8-7-14(20)19(4)10-11-5-6-12(16)13(17)9-11/h5-6,9,18H,7-8,10H2,1-4H3. The number of carbonyl (C=O) groups excluding carboxylic acids is 1. The number of nitrogens with one attached hydrogen (secondary N) is 1. The summed E-state index contributed by atoms with van der Waals surface area (Å²) in [6, 6.07) is 3.67. The van der Waals surface area contributed by atoms with Gasteiger partial charge in [-0.15, -0.1) is 0 Å². The molecule has 1 amide bonds. The molecule has 0 heterocycles. The van der Waals surface area contributed by atoms with E-state index in [9.17, 15) is 13.6 Å². The van der Waals surface area contributed by atoms with E-state index in [0.29, 0.717) is 18.5 Å². The molecule has 112 valence electrons. The van der Waals surface area contributed by atoms with Gasteiger partial charge in [-0.05, 0) is 38.5 Å². The fourth-order valence-corrected chi connectivity index (χ4v) is 1.74. The van der Waals surface area contributed by atoms with Crippen molar-refractivity contribution in [3.8, 4) is 0 Å². The lowest BCUT2D eigenvalue weighted by Crippen LogP contribution is -2.38. The average molecular weight is 284 g/mol. The third kappa shape index (κ3) is 5.65. The van der Waals surface area contributed by atoms with Crippen LogP contribution < -0.4 is 5.32 Å². The molecule has 0 aromatic heterocycles. The van der Waals surface area contributed by atoms with Gasteiger partial charge in [0.05, 0.1) is 0 Å². The van der Waals surface area contributed by atoms with E-state index in [-0.39, 0.29) is 18.0 Å². The van der Waals surface area contributed by atoms with E-state index < -0.39 is 11.6 Å². The molecule has 0 unspecified atom stereocenters. The lowest BCUT2D eigenvalue weighted by molar-refractivity contribution is -0.130. The van der Waals surface area contributed by atoms with Crippen molar-refractivity contribution in [3.05, 3.63) is 35.4 Å². The van der Waals surface area contributed by atoms with Crippen molar-refractivity contribution >= 4 is 5.91 Å². The second-order valence-electron chi connectivity index (χ2n) is 5.93. The number of halogens is 2. The maximum atomic E-state index is 13.1. The molecule has 0 aliphatic heterocycles. The van der Waals surface area contributed by atoms with Crippen molar-refractivity contribution in [2.24, 2.45) is 0 Å². The molecule has 1 aromatic rings. The largest absolute Gasteiger partial charge is 0.341 e. The first-order chi connectivity index (χ1) is 9.19. The van der Waals surface area contributed by atoms with Crippen LogP contribution in [0.3, 0.4) is 0 Å². The van der Waals surface area contributed by atoms with Crippen LogP contribution >= 0.6 is 0 Å². The van der Waals surface area contributed by atoms with Gasteiger partial charge in [0.25, 0.3) is 0 Å². The van der Waals surface area contributed by atoms with Crippen LogP contribution in [0.2, 0.25) is 0 Å². The summed E-state index contributed by atoms with van der Waals surface area (Å²) in [6.07, 6.45) is 0.372. The van der Waals surface area contributed by atoms with Gasteiger partial charge >= 0.3 is 0 Å². The third-order valence-corrected chi connectivity index (χ3v) is 2.82. The third-order valence-electron chi connectivity index (χ3n) is 2.82. The number of hydrogen-bond donors (Lipinski definition) is 1. The van der Waals surface area contributed by atoms with Gasteiger partial charge in [-0.3, -0.25) is 4.79 Å². The van der Waals surface area contributed by atoms with Gasteiger partial charge < -0.3 is 10.2 Å². The SMILES string of the molecule is CN(Cc1ccc(F)c(F)c1)C(=O)CCNC(C)(C)C. The van der Waals surface area contributed by atoms with Crippen LogP contribution in [-0.4, -0.2) is 29.9 Å². The molecule has 5 heteroatoms. The normalized spacial score (nSPS) is 11.5. The molecule has 0 spiro atoms. The number of carbonyl (C=O) groups is 1. The van der Waals surface area contributed by atoms with Crippen molar-refractivity contribution in [3.63, 3.8) is 0 Å². The Balaban J connectivity index is 2.47. The van der Waals surface area contributed by atoms with Crippen LogP contribution in [0.15, 0.2) is 18.2 Å². The minimum Gasteiger partial charge on any atom is -0.341 e. The molecule has 0 saturated heterocycles. The van der Waals surface area contributed by atoms with E-state index in [4.69, 9.17) is 0 Å². The first-order valence-electron chi connectivity index (χ1n) is 6.62. The van der Waals surface area contributed by atoms with Gasteiger partial charge in [0, 0.05) is 32.1 Å². The summed E-state index contributed by atoms with van der Waals surface area (Å²) in [5.41, 5.74) is 0.544. The number of nitrogens with zero attached hydrogens (tertiary/aromatic N) is 1. The highest BCUT2D eigenvalue weighted by molar-refractivity contribution is 5.76. The van der Waals surface area contributed by atoms with E-state index in [0.717, 1.165) is 12.1 Å². The van der Waals surface area contributed by atoms with Gasteiger partial charge in [-0.1, -0.05) is 6.07 Å². The maximum Gasteiger partial charge on any atom is 0.223 e. The lowest BCUT2D eigenvalue weighted by atomic mass is 10.1. The molecular weight excluding hydrogens is 262 g/mol. The predicted octanol–water partition coefficient (Wildman–Crippen LogP) is 2.70. The van der Waals surface area contributed by atoms with Crippen molar-refractivity contribution < 1.29 is 13.6 Å². The van der Waals surface area contributed by atoms with Gasteiger partial charge in [0.2, 0.25) is 5.91 Å². The quantitative estimate of drug-likeness (QED) is 0.901. The Labute approximate surface area is 119 Å². The fraction of sp³-hybridized carbons (Fsp3) is 0.533. The Morgan fingerprint density at radius 1 is 1.25 bits per heavy atom. The first-order valence-corrected chi connectivity index (χ1v) is 6.62. The zero-order valence-corrected chi connectivity index (χ0v) is 12.5. The maximum absolute atomic E-state index is 13.1. The summed E-state index contributed by atoms with van der Waals surface area (Å²) >= 11 is 0. The van der Waals surface area contributed by atoms with Crippen molar-refractivity contribution in [1.29, 1.82) is 0 Å². The van der Waals surface area contributed by atoms with Crippen LogP contribution in [0.25, 0.3) is 0 Å². The Bertz CT molecular complexity index is 469.